The molecule has 1 amide bonds. The van der Waals surface area contributed by atoms with Gasteiger partial charge in [-0.2, -0.15) is 0 Å². The van der Waals surface area contributed by atoms with Crippen LogP contribution in [-0.2, 0) is 11.2 Å². The lowest BCUT2D eigenvalue weighted by Crippen LogP contribution is -2.20. The van der Waals surface area contributed by atoms with E-state index >= 15 is 0 Å². The fourth-order valence-electron chi connectivity index (χ4n) is 1.67. The minimum atomic E-state index is -1.25. The summed E-state index contributed by atoms with van der Waals surface area (Å²) in [6.07, 6.45) is 1.34. The van der Waals surface area contributed by atoms with Gasteiger partial charge in [0.25, 0.3) is 5.91 Å². The van der Waals surface area contributed by atoms with E-state index in [9.17, 15) is 9.90 Å². The van der Waals surface area contributed by atoms with Gasteiger partial charge in [0.15, 0.2) is 11.2 Å². The van der Waals surface area contributed by atoms with Crippen LogP contribution in [0.15, 0.2) is 30.5 Å². The lowest BCUT2D eigenvalue weighted by atomic mass is 10.1. The first-order chi connectivity index (χ1) is 9.63. The number of nitrogens with zero attached hydrogens (tertiary/aromatic N) is 1. The second-order valence-electron chi connectivity index (χ2n) is 4.15. The third-order valence-corrected chi connectivity index (χ3v) is 3.85. The number of carbonyl (C=O) groups is 1. The van der Waals surface area contributed by atoms with Gasteiger partial charge in [-0.3, -0.25) is 10.1 Å². The third-order valence-electron chi connectivity index (χ3n) is 2.79. The van der Waals surface area contributed by atoms with E-state index in [1.54, 1.807) is 30.5 Å². The van der Waals surface area contributed by atoms with Gasteiger partial charge in [-0.1, -0.05) is 19.1 Å². The first-order valence-corrected chi connectivity index (χ1v) is 7.03. The average molecular weight is 292 g/mol. The number of hydrogen-bond donors (Lipinski definition) is 2. The van der Waals surface area contributed by atoms with Gasteiger partial charge >= 0.3 is 0 Å². The highest BCUT2D eigenvalue weighted by atomic mass is 32.1. The molecule has 0 aliphatic heterocycles. The van der Waals surface area contributed by atoms with Gasteiger partial charge in [-0.05, 0) is 24.1 Å². The maximum Gasteiger partial charge on any atom is 0.259 e. The predicted octanol–water partition coefficient (Wildman–Crippen LogP) is 2.39. The second kappa shape index (κ2) is 6.49. The van der Waals surface area contributed by atoms with Gasteiger partial charge in [0.05, 0.1) is 7.11 Å². The minimum Gasteiger partial charge on any atom is -0.497 e. The maximum absolute atomic E-state index is 12.0. The number of aromatic nitrogens is 1. The molecule has 6 heteroatoms. The van der Waals surface area contributed by atoms with Crippen molar-refractivity contribution in [3.8, 4) is 5.75 Å². The van der Waals surface area contributed by atoms with Gasteiger partial charge in [-0.15, -0.1) is 11.3 Å². The summed E-state index contributed by atoms with van der Waals surface area (Å²) in [5.41, 5.74) is 0.481. The van der Waals surface area contributed by atoms with Crippen molar-refractivity contribution < 1.29 is 14.6 Å². The van der Waals surface area contributed by atoms with Crippen molar-refractivity contribution in [1.29, 1.82) is 0 Å². The number of benzene rings is 1. The zero-order chi connectivity index (χ0) is 14.5. The van der Waals surface area contributed by atoms with Crippen LogP contribution in [-0.4, -0.2) is 23.1 Å². The highest BCUT2D eigenvalue weighted by Gasteiger charge is 2.19. The number of amides is 1. The molecule has 106 valence electrons. The average Bonchev–Trinajstić information content (AvgIpc) is 2.94. The molecule has 1 atom stereocenters. The first-order valence-electron chi connectivity index (χ1n) is 6.21. The van der Waals surface area contributed by atoms with Crippen LogP contribution in [0.4, 0.5) is 5.13 Å². The molecule has 0 aliphatic rings. The second-order valence-corrected chi connectivity index (χ2v) is 5.27. The van der Waals surface area contributed by atoms with Crippen molar-refractivity contribution >= 4 is 22.4 Å². The molecule has 0 radical (unpaired) electrons. The van der Waals surface area contributed by atoms with Crippen molar-refractivity contribution in [2.24, 2.45) is 0 Å². The smallest absolute Gasteiger partial charge is 0.259 e. The molecule has 0 fully saturated rings. The number of anilines is 1. The summed E-state index contributed by atoms with van der Waals surface area (Å²) in [5, 5.41) is 13.1. The predicted molar refractivity (Wildman–Crippen MR) is 78.1 cm³/mol. The lowest BCUT2D eigenvalue weighted by molar-refractivity contribution is -0.124. The number of hydrogen-bond acceptors (Lipinski definition) is 5. The molecule has 0 spiro atoms. The normalized spacial score (nSPS) is 11.9. The molecule has 0 aliphatic carbocycles. The Morgan fingerprint density at radius 2 is 2.35 bits per heavy atom. The van der Waals surface area contributed by atoms with E-state index in [1.165, 1.54) is 18.4 Å². The Balaban J connectivity index is 2.07. The van der Waals surface area contributed by atoms with E-state index in [1.807, 2.05) is 6.92 Å². The first kappa shape index (κ1) is 14.5. The van der Waals surface area contributed by atoms with Crippen LogP contribution in [0, 0.1) is 0 Å². The Morgan fingerprint density at radius 3 is 3.00 bits per heavy atom. The number of ether oxygens (including phenoxy) is 1. The molecule has 2 aromatic rings. The third kappa shape index (κ3) is 3.34. The van der Waals surface area contributed by atoms with Crippen molar-refractivity contribution in [2.45, 2.75) is 19.4 Å². The van der Waals surface area contributed by atoms with Gasteiger partial charge in [-0.25, -0.2) is 4.98 Å². The van der Waals surface area contributed by atoms with E-state index < -0.39 is 12.0 Å². The standard InChI is InChI=1S/C14H16N2O3S/c1-3-11-8-15-14(20-11)16-13(18)12(17)9-5-4-6-10(7-9)19-2/h4-8,12,17H,3H2,1-2H3,(H,15,16,18). The quantitative estimate of drug-likeness (QED) is 0.887. The molecule has 1 aromatic heterocycles. The van der Waals surface area contributed by atoms with Gasteiger partial charge in [0, 0.05) is 11.1 Å². The van der Waals surface area contributed by atoms with Crippen LogP contribution in [0.2, 0.25) is 0 Å². The van der Waals surface area contributed by atoms with E-state index in [0.717, 1.165) is 11.3 Å². The number of nitrogens with one attached hydrogen (secondary N) is 1. The molecular formula is C14H16N2O3S. The number of thiazole rings is 1. The van der Waals surface area contributed by atoms with E-state index in [0.29, 0.717) is 16.4 Å². The highest BCUT2D eigenvalue weighted by Crippen LogP contribution is 2.22. The summed E-state index contributed by atoms with van der Waals surface area (Å²) in [6.45, 7) is 2.02. The number of methoxy groups -OCH3 is 1. The summed E-state index contributed by atoms with van der Waals surface area (Å²) >= 11 is 1.40. The fraction of sp³-hybridized carbons (Fsp3) is 0.286. The molecule has 1 aromatic carbocycles. The largest absolute Gasteiger partial charge is 0.497 e. The maximum atomic E-state index is 12.0. The fourth-order valence-corrected chi connectivity index (χ4v) is 2.42. The molecule has 0 bridgehead atoms. The number of rotatable bonds is 5. The molecule has 5 nitrogen and oxygen atoms in total. The Kier molecular flexibility index (Phi) is 4.70. The Morgan fingerprint density at radius 1 is 1.55 bits per heavy atom. The molecule has 2 rings (SSSR count). The van der Waals surface area contributed by atoms with Gasteiger partial charge in [0.1, 0.15) is 5.75 Å². The molecule has 0 saturated heterocycles. The molecule has 1 heterocycles. The number of carbonyl (C=O) groups excluding carboxylic acids is 1. The van der Waals surface area contributed by atoms with E-state index in [4.69, 9.17) is 4.74 Å². The zero-order valence-corrected chi connectivity index (χ0v) is 12.1. The highest BCUT2D eigenvalue weighted by molar-refractivity contribution is 7.15. The van der Waals surface area contributed by atoms with Crippen molar-refractivity contribution in [3.63, 3.8) is 0 Å². The number of aryl methyl sites for hydroxylation is 1. The Bertz CT molecular complexity index is 598. The number of aliphatic hydroxyl groups excluding tert-OH is 1. The van der Waals surface area contributed by atoms with Crippen molar-refractivity contribution in [2.75, 3.05) is 12.4 Å². The molecule has 0 saturated carbocycles. The summed E-state index contributed by atoms with van der Waals surface area (Å²) in [7, 11) is 1.54. The summed E-state index contributed by atoms with van der Waals surface area (Å²) in [6, 6.07) is 6.78. The number of aliphatic hydroxyl groups is 1. The Hall–Kier alpha value is -1.92. The molecule has 1 unspecified atom stereocenters. The Labute approximate surface area is 121 Å². The van der Waals surface area contributed by atoms with Crippen LogP contribution in [0.3, 0.4) is 0 Å². The van der Waals surface area contributed by atoms with Crippen LogP contribution in [0.1, 0.15) is 23.5 Å². The molecular weight excluding hydrogens is 276 g/mol. The SMILES string of the molecule is CCc1cnc(NC(=O)C(O)c2cccc(OC)c2)s1. The zero-order valence-electron chi connectivity index (χ0n) is 11.3. The summed E-state index contributed by atoms with van der Waals surface area (Å²) < 4.78 is 5.07. The van der Waals surface area contributed by atoms with Crippen LogP contribution < -0.4 is 10.1 Å². The van der Waals surface area contributed by atoms with Crippen LogP contribution in [0.25, 0.3) is 0 Å². The van der Waals surface area contributed by atoms with Crippen molar-refractivity contribution in [3.05, 3.63) is 40.9 Å². The van der Waals surface area contributed by atoms with Crippen LogP contribution >= 0.6 is 11.3 Å². The topological polar surface area (TPSA) is 71.5 Å². The van der Waals surface area contributed by atoms with E-state index in [2.05, 4.69) is 10.3 Å². The molecule has 20 heavy (non-hydrogen) atoms. The molecule has 2 N–H and O–H groups in total. The van der Waals surface area contributed by atoms with Crippen molar-refractivity contribution in [1.82, 2.24) is 4.98 Å². The van der Waals surface area contributed by atoms with Gasteiger partial charge < -0.3 is 9.84 Å². The lowest BCUT2D eigenvalue weighted by Gasteiger charge is -2.11. The minimum absolute atomic E-state index is 0.481. The summed E-state index contributed by atoms with van der Waals surface area (Å²) in [4.78, 5) is 17.1. The van der Waals surface area contributed by atoms with Crippen LogP contribution in [0.5, 0.6) is 5.75 Å². The monoisotopic (exact) mass is 292 g/mol. The van der Waals surface area contributed by atoms with E-state index in [-0.39, 0.29) is 0 Å². The summed E-state index contributed by atoms with van der Waals surface area (Å²) in [5.74, 6) is 0.0899. The van der Waals surface area contributed by atoms with Gasteiger partial charge in [0.2, 0.25) is 0 Å².